The summed E-state index contributed by atoms with van der Waals surface area (Å²) in [6.07, 6.45) is -5.05. The second-order valence-corrected chi connectivity index (χ2v) is 34.6. The second-order valence-electron chi connectivity index (χ2n) is 32.1. The molecule has 8 rings (SSSR count). The molecule has 1 aromatic carbocycles. The molecule has 0 saturated carbocycles. The van der Waals surface area contributed by atoms with E-state index in [-0.39, 0.29) is 95.4 Å². The smallest absolute Gasteiger partial charge is 0.467 e. The van der Waals surface area contributed by atoms with Gasteiger partial charge in [0.2, 0.25) is 41.4 Å². The van der Waals surface area contributed by atoms with Gasteiger partial charge in [0.1, 0.15) is 30.0 Å². The molecular weight excluding hydrogens is 1440 g/mol. The Hall–Kier alpha value is -7.91. The number of thioether (sulfide) groups is 1. The molecule has 0 radical (unpaired) electrons. The summed E-state index contributed by atoms with van der Waals surface area (Å²) in [7, 11) is -3.90. The molecule has 6 aliphatic rings. The van der Waals surface area contributed by atoms with Gasteiger partial charge in [0.05, 0.1) is 48.8 Å². The number of aliphatic imine (C=N–C) groups is 3. The molecule has 0 aliphatic carbocycles. The number of nitrogens with zero attached hydrogens (tertiary/aromatic N) is 5. The van der Waals surface area contributed by atoms with E-state index in [1.54, 1.807) is 25.3 Å². The van der Waals surface area contributed by atoms with Gasteiger partial charge in [0, 0.05) is 143 Å². The Bertz CT molecular complexity index is 4110. The molecule has 0 spiro atoms. The van der Waals surface area contributed by atoms with Gasteiger partial charge in [0.25, 0.3) is 0 Å². The van der Waals surface area contributed by atoms with Crippen LogP contribution < -0.4 is 49.9 Å². The van der Waals surface area contributed by atoms with Crippen molar-refractivity contribution in [3.8, 4) is 0 Å². The van der Waals surface area contributed by atoms with E-state index in [0.29, 0.717) is 68.6 Å². The maximum absolute atomic E-state index is 14.6. The number of phosphoric acid groups is 1. The number of amides is 8. The first kappa shape index (κ1) is 85.7. The molecule has 596 valence electrons. The first-order valence-electron chi connectivity index (χ1n) is 36.6. The average molecular weight is 1550 g/mol. The summed E-state index contributed by atoms with van der Waals surface area (Å²) in [5.41, 5.74) is 30.6. The van der Waals surface area contributed by atoms with E-state index in [4.69, 9.17) is 66.9 Å². The summed E-state index contributed by atoms with van der Waals surface area (Å²) >= 11 is 1.35. The molecule has 2 fully saturated rings. The van der Waals surface area contributed by atoms with Crippen molar-refractivity contribution in [2.75, 3.05) is 38.3 Å². The number of phosphoric ester groups is 1. The molecule has 16 atom stereocenters. The number of allylic oxidation sites excluding steroid dienone is 6. The largest absolute Gasteiger partial charge is 0.472 e. The topological polar surface area (TPSA) is 511 Å². The summed E-state index contributed by atoms with van der Waals surface area (Å²) in [5.74, 6) is -7.33. The molecular formula is C74H111N14O18PS. The molecule has 8 amide bonds. The molecule has 1 aromatic heterocycles. The van der Waals surface area contributed by atoms with E-state index in [9.17, 15) is 62.8 Å². The standard InChI is InChI=1S/C74H111N14O18PS/c1-37-27-47-49(28-38(37)2)88(36-82-47)66-61(97)62(50(34-89)103-66)106-107(100,101)105-39(3)33-81-58(96)23-24-71(11)45(29-54(77)92)65-74(14)73(13,32-56(79)94)44(19-22-57(95)80-25-16-26-108-35-48(67(98)102-15)84-68(99)104-69(6,7)8)60(87-74)41(5)64-72(12,31-55(78)93)42(17-20-52(75)90)46(83-64)30-51-70(9,10)43(18-21-53(76)91)59(85-51)40(4)63(71)86-65/h27-28,30,36,39,42-45,48,50,61-62,65-66,83,89,97H,16-26,29,31-35H2,1-15H3,(H2,75,90)(H2,76,91)(H2,77,92)(H2,78,93)(H2,79,94)(H,80,95)(H,81,96)(H,84,99)(H,100,101)/b46-30-,59-40-,64-41-/t39-,42-,43-,44-,45+,48+,50+,61-,62-,65-,66+,71-,72+,73+,74-/m1/s1. The monoisotopic (exact) mass is 1550 g/mol. The molecule has 32 nitrogen and oxygen atoms in total. The van der Waals surface area contributed by atoms with E-state index in [2.05, 4.69) is 26.3 Å². The molecule has 34 heteroatoms. The van der Waals surface area contributed by atoms with E-state index in [1.165, 1.54) is 32.1 Å². The molecule has 6 aliphatic heterocycles. The zero-order valence-corrected chi connectivity index (χ0v) is 66.3. The fourth-order valence-corrected chi connectivity index (χ4v) is 19.0. The molecule has 2 saturated heterocycles. The Kier molecular flexibility index (Phi) is 26.8. The van der Waals surface area contributed by atoms with Crippen molar-refractivity contribution >= 4 is 101 Å². The van der Waals surface area contributed by atoms with Gasteiger partial charge in [-0.1, -0.05) is 34.6 Å². The lowest BCUT2D eigenvalue weighted by Gasteiger charge is -2.48. The zero-order chi connectivity index (χ0) is 80.3. The van der Waals surface area contributed by atoms with Gasteiger partial charge in [-0.15, -0.1) is 0 Å². The highest BCUT2D eigenvalue weighted by atomic mass is 32.2. The lowest BCUT2D eigenvalue weighted by molar-refractivity contribution is -0.142. The summed E-state index contributed by atoms with van der Waals surface area (Å²) in [6.45, 7) is 24.5. The highest BCUT2D eigenvalue weighted by molar-refractivity contribution is 7.99. The number of imidazole rings is 1. The number of primary amides is 5. The van der Waals surface area contributed by atoms with Gasteiger partial charge in [-0.3, -0.25) is 57.6 Å². The van der Waals surface area contributed by atoms with E-state index in [0.717, 1.165) is 11.1 Å². The van der Waals surface area contributed by atoms with Crippen molar-refractivity contribution in [2.24, 2.45) is 89.0 Å². The lowest BCUT2D eigenvalue weighted by Crippen LogP contribution is -2.56. The van der Waals surface area contributed by atoms with Crippen molar-refractivity contribution in [3.05, 3.63) is 63.9 Å². The van der Waals surface area contributed by atoms with Crippen LogP contribution in [0.5, 0.6) is 0 Å². The number of hydrogen-bond donors (Lipinski definition) is 12. The van der Waals surface area contributed by atoms with Gasteiger partial charge in [-0.2, -0.15) is 11.8 Å². The van der Waals surface area contributed by atoms with Crippen LogP contribution in [0.25, 0.3) is 11.0 Å². The number of carbonyl (C=O) groups is 9. The number of fused-ring (bicyclic) bond motifs is 7. The molecule has 108 heavy (non-hydrogen) atoms. The maximum atomic E-state index is 14.6. The fourth-order valence-electron chi connectivity index (χ4n) is 16.9. The van der Waals surface area contributed by atoms with Crippen LogP contribution in [0.1, 0.15) is 177 Å². The molecule has 2 aromatic rings. The van der Waals surface area contributed by atoms with Gasteiger partial charge in [0.15, 0.2) is 6.23 Å². The number of aromatic nitrogens is 2. The van der Waals surface area contributed by atoms with Crippen molar-refractivity contribution in [2.45, 2.75) is 228 Å². The van der Waals surface area contributed by atoms with Crippen molar-refractivity contribution in [3.63, 3.8) is 0 Å². The van der Waals surface area contributed by atoms with Crippen LogP contribution in [-0.2, 0) is 66.2 Å². The number of nitrogens with one attached hydrogen (secondary N) is 4. The summed E-state index contributed by atoms with van der Waals surface area (Å²) in [5, 5.41) is 34.0. The third kappa shape index (κ3) is 18.6. The zero-order valence-electron chi connectivity index (χ0n) is 64.6. The number of aliphatic hydroxyl groups is 2. The number of aliphatic hydroxyl groups excluding tert-OH is 2. The minimum absolute atomic E-state index is 0.0434. The van der Waals surface area contributed by atoms with Gasteiger partial charge in [-0.25, -0.2) is 19.1 Å². The first-order chi connectivity index (χ1) is 50.3. The lowest BCUT2D eigenvalue weighted by atomic mass is 9.55. The number of hydrogen-bond acceptors (Lipinski definition) is 23. The van der Waals surface area contributed by atoms with Crippen LogP contribution in [0.4, 0.5) is 4.79 Å². The SMILES string of the molecule is COC(=O)[C@H](CSCCCNC(=O)CC[C@@H]1C2=N[C@](C)([C@@H]3N=C(/C(C)=C4N=C(/C=C5\N/C(=C\2C)[C@@](C)(CC(N)=O)[C@@H]5CCC(N)=O)C(C)(C)[C@@H]\4CCC(N)=O)[C@](C)(CCC(=O)NC[C@@H](C)OP(=O)(O)O[C@H]2[C@@H](O)[C@@H](n4cnc5cc(C)c(C)cc54)O[C@H]2CO)[C@H]3CC(N)=O)[C@@]1(C)CC(N)=O)NC(=O)OC(C)(C)C. The Morgan fingerprint density at radius 3 is 2.06 bits per heavy atom. The van der Waals surface area contributed by atoms with Crippen molar-refractivity contribution in [1.82, 2.24) is 30.8 Å². The molecule has 7 heterocycles. The third-order valence-electron chi connectivity index (χ3n) is 22.8. The van der Waals surface area contributed by atoms with Crippen molar-refractivity contribution < 1.29 is 86.1 Å². The van der Waals surface area contributed by atoms with Crippen LogP contribution in [0.2, 0.25) is 0 Å². The minimum Gasteiger partial charge on any atom is -0.467 e. The summed E-state index contributed by atoms with van der Waals surface area (Å²) in [6, 6.07) is 1.61. The Morgan fingerprint density at radius 2 is 1.44 bits per heavy atom. The average Bonchev–Trinajstić information content (AvgIpc) is 1.53. The van der Waals surface area contributed by atoms with Crippen LogP contribution >= 0.6 is 19.6 Å². The molecule has 8 bridgehead atoms. The van der Waals surface area contributed by atoms with E-state index < -0.39 is 161 Å². The number of esters is 1. The van der Waals surface area contributed by atoms with Gasteiger partial charge >= 0.3 is 19.9 Å². The van der Waals surface area contributed by atoms with E-state index >= 15 is 0 Å². The highest BCUT2D eigenvalue weighted by Crippen LogP contribution is 2.63. The normalized spacial score (nSPS) is 30.8. The number of ether oxygens (including phenoxy) is 3. The number of aryl methyl sites for hydroxylation is 2. The van der Waals surface area contributed by atoms with Crippen molar-refractivity contribution in [1.29, 1.82) is 0 Å². The van der Waals surface area contributed by atoms with E-state index in [1.807, 2.05) is 87.4 Å². The first-order valence-corrected chi connectivity index (χ1v) is 39.3. The Labute approximate surface area is 634 Å². The number of carbonyl (C=O) groups excluding carboxylic acids is 9. The van der Waals surface area contributed by atoms with Crippen LogP contribution in [0.3, 0.4) is 0 Å². The number of methoxy groups -OCH3 is 1. The fraction of sp³-hybridized carbons (Fsp3) is 0.662. The predicted octanol–water partition coefficient (Wildman–Crippen LogP) is 4.98. The number of nitrogens with two attached hydrogens (primary N) is 5. The Balaban J connectivity index is 1.16. The van der Waals surface area contributed by atoms with Crippen LogP contribution in [0, 0.1) is 59.2 Å². The number of alkyl carbamates (subject to hydrolysis) is 1. The quantitative estimate of drug-likeness (QED) is 0.0249. The predicted molar refractivity (Wildman–Crippen MR) is 405 cm³/mol. The summed E-state index contributed by atoms with van der Waals surface area (Å²) < 4.78 is 42.8. The minimum atomic E-state index is -5.11. The highest BCUT2D eigenvalue weighted by Gasteiger charge is 2.66. The van der Waals surface area contributed by atoms with Crippen LogP contribution in [-0.4, -0.2) is 181 Å². The molecule has 1 unspecified atom stereocenters. The molecule has 17 N–H and O–H groups in total. The number of rotatable bonds is 34. The number of benzene rings is 1. The Morgan fingerprint density at radius 1 is 0.815 bits per heavy atom. The third-order valence-corrected chi connectivity index (χ3v) is 25.1. The van der Waals surface area contributed by atoms with Gasteiger partial charge in [-0.05, 0) is 141 Å². The summed E-state index contributed by atoms with van der Waals surface area (Å²) in [4.78, 5) is 154. The van der Waals surface area contributed by atoms with Gasteiger partial charge < -0.3 is 83.8 Å². The van der Waals surface area contributed by atoms with Crippen LogP contribution in [0.15, 0.2) is 67.8 Å². The maximum Gasteiger partial charge on any atom is 0.472 e. The second kappa shape index (κ2) is 33.7.